The summed E-state index contributed by atoms with van der Waals surface area (Å²) in [5, 5.41) is 0.417. The minimum atomic E-state index is -0.339. The molecule has 3 N–H and O–H groups in total. The fourth-order valence-electron chi connectivity index (χ4n) is 1.67. The Morgan fingerprint density at radius 3 is 2.79 bits per heavy atom. The molecule has 0 aliphatic rings. The molecular formula is C13H20ClFN2O2. The average molecular weight is 291 g/mol. The SMILES string of the molecule is COCCOCCC(Cc1ccc(F)cc1Cl)NN. The van der Waals surface area contributed by atoms with Crippen LogP contribution in [0.1, 0.15) is 12.0 Å². The summed E-state index contributed by atoms with van der Waals surface area (Å²) in [6, 6.07) is 4.41. The van der Waals surface area contributed by atoms with Gasteiger partial charge in [0.05, 0.1) is 13.2 Å². The highest BCUT2D eigenvalue weighted by atomic mass is 35.5. The van der Waals surface area contributed by atoms with Crippen molar-refractivity contribution in [2.45, 2.75) is 18.9 Å². The van der Waals surface area contributed by atoms with E-state index in [1.165, 1.54) is 12.1 Å². The fraction of sp³-hybridized carbons (Fsp3) is 0.538. The molecule has 108 valence electrons. The van der Waals surface area contributed by atoms with E-state index in [9.17, 15) is 4.39 Å². The van der Waals surface area contributed by atoms with Crippen molar-refractivity contribution in [2.75, 3.05) is 26.9 Å². The number of rotatable bonds is 9. The minimum Gasteiger partial charge on any atom is -0.382 e. The maximum Gasteiger partial charge on any atom is 0.124 e. The van der Waals surface area contributed by atoms with Gasteiger partial charge in [0.1, 0.15) is 5.82 Å². The van der Waals surface area contributed by atoms with Gasteiger partial charge in [0.15, 0.2) is 0 Å². The lowest BCUT2D eigenvalue weighted by Gasteiger charge is -2.16. The van der Waals surface area contributed by atoms with Crippen LogP contribution in [0.3, 0.4) is 0 Å². The number of nitrogens with one attached hydrogen (secondary N) is 1. The maximum absolute atomic E-state index is 12.9. The van der Waals surface area contributed by atoms with Crippen LogP contribution in [0.5, 0.6) is 0 Å². The van der Waals surface area contributed by atoms with Crippen LogP contribution in [0.2, 0.25) is 5.02 Å². The Morgan fingerprint density at radius 1 is 1.37 bits per heavy atom. The number of nitrogens with two attached hydrogens (primary N) is 1. The summed E-state index contributed by atoms with van der Waals surface area (Å²) in [5.74, 6) is 5.16. The summed E-state index contributed by atoms with van der Waals surface area (Å²) in [6.45, 7) is 1.71. The Morgan fingerprint density at radius 2 is 2.16 bits per heavy atom. The molecule has 1 rings (SSSR count). The number of benzene rings is 1. The zero-order chi connectivity index (χ0) is 14.1. The van der Waals surface area contributed by atoms with Gasteiger partial charge >= 0.3 is 0 Å². The summed E-state index contributed by atoms with van der Waals surface area (Å²) >= 11 is 5.98. The van der Waals surface area contributed by atoms with Gasteiger partial charge in [-0.15, -0.1) is 0 Å². The van der Waals surface area contributed by atoms with Crippen LogP contribution in [0.15, 0.2) is 18.2 Å². The Labute approximate surface area is 118 Å². The van der Waals surface area contributed by atoms with Crippen LogP contribution >= 0.6 is 11.6 Å². The van der Waals surface area contributed by atoms with E-state index in [4.69, 9.17) is 26.9 Å². The highest BCUT2D eigenvalue weighted by molar-refractivity contribution is 6.31. The largest absolute Gasteiger partial charge is 0.382 e. The molecule has 0 radical (unpaired) electrons. The van der Waals surface area contributed by atoms with Crippen LogP contribution in [-0.2, 0) is 15.9 Å². The van der Waals surface area contributed by atoms with Gasteiger partial charge in [0.2, 0.25) is 0 Å². The molecule has 0 aromatic heterocycles. The lowest BCUT2D eigenvalue weighted by molar-refractivity contribution is 0.0658. The van der Waals surface area contributed by atoms with Crippen LogP contribution in [0.4, 0.5) is 4.39 Å². The second-order valence-electron chi connectivity index (χ2n) is 4.20. The maximum atomic E-state index is 12.9. The molecule has 4 nitrogen and oxygen atoms in total. The number of hydrogen-bond donors (Lipinski definition) is 2. The van der Waals surface area contributed by atoms with Gasteiger partial charge in [-0.3, -0.25) is 11.3 Å². The van der Waals surface area contributed by atoms with Crippen molar-refractivity contribution < 1.29 is 13.9 Å². The highest BCUT2D eigenvalue weighted by Gasteiger charge is 2.10. The Balaban J connectivity index is 2.39. The fourth-order valence-corrected chi connectivity index (χ4v) is 1.91. The number of methoxy groups -OCH3 is 1. The monoisotopic (exact) mass is 290 g/mol. The molecular weight excluding hydrogens is 271 g/mol. The summed E-state index contributed by atoms with van der Waals surface area (Å²) < 4.78 is 23.2. The van der Waals surface area contributed by atoms with E-state index in [-0.39, 0.29) is 11.9 Å². The van der Waals surface area contributed by atoms with Gasteiger partial charge in [-0.1, -0.05) is 17.7 Å². The third-order valence-electron chi connectivity index (χ3n) is 2.76. The van der Waals surface area contributed by atoms with Crippen molar-refractivity contribution in [3.8, 4) is 0 Å². The molecule has 1 aromatic carbocycles. The summed E-state index contributed by atoms with van der Waals surface area (Å²) in [5.41, 5.74) is 3.58. The van der Waals surface area contributed by atoms with E-state index >= 15 is 0 Å². The highest BCUT2D eigenvalue weighted by Crippen LogP contribution is 2.19. The van der Waals surface area contributed by atoms with Gasteiger partial charge < -0.3 is 9.47 Å². The van der Waals surface area contributed by atoms with Crippen molar-refractivity contribution in [1.82, 2.24) is 5.43 Å². The van der Waals surface area contributed by atoms with E-state index in [0.29, 0.717) is 31.3 Å². The smallest absolute Gasteiger partial charge is 0.124 e. The Bertz CT molecular complexity index is 380. The average Bonchev–Trinajstić information content (AvgIpc) is 2.39. The molecule has 6 heteroatoms. The lowest BCUT2D eigenvalue weighted by atomic mass is 10.0. The molecule has 0 spiro atoms. The lowest BCUT2D eigenvalue weighted by Crippen LogP contribution is -2.37. The van der Waals surface area contributed by atoms with Crippen molar-refractivity contribution >= 4 is 11.6 Å². The molecule has 0 bridgehead atoms. The Kier molecular flexibility index (Phi) is 7.93. The first-order valence-electron chi connectivity index (χ1n) is 6.14. The third-order valence-corrected chi connectivity index (χ3v) is 3.11. The van der Waals surface area contributed by atoms with Crippen LogP contribution in [-0.4, -0.2) is 33.0 Å². The van der Waals surface area contributed by atoms with Crippen LogP contribution in [0.25, 0.3) is 0 Å². The quantitative estimate of drug-likeness (QED) is 0.414. The number of hydrogen-bond acceptors (Lipinski definition) is 4. The number of halogens is 2. The molecule has 1 unspecified atom stereocenters. The van der Waals surface area contributed by atoms with Gasteiger partial charge in [-0.25, -0.2) is 4.39 Å². The molecule has 0 fully saturated rings. The van der Waals surface area contributed by atoms with Gasteiger partial charge in [0, 0.05) is 24.8 Å². The summed E-state index contributed by atoms with van der Waals surface area (Å²) in [4.78, 5) is 0. The van der Waals surface area contributed by atoms with E-state index in [1.807, 2.05) is 0 Å². The molecule has 1 atom stereocenters. The van der Waals surface area contributed by atoms with Crippen molar-refractivity contribution in [3.05, 3.63) is 34.6 Å². The van der Waals surface area contributed by atoms with Gasteiger partial charge in [-0.05, 0) is 30.5 Å². The summed E-state index contributed by atoms with van der Waals surface area (Å²) in [6.07, 6.45) is 1.37. The van der Waals surface area contributed by atoms with E-state index in [1.54, 1.807) is 13.2 Å². The molecule has 19 heavy (non-hydrogen) atoms. The Hall–Kier alpha value is -0.720. The molecule has 0 heterocycles. The van der Waals surface area contributed by atoms with Crippen molar-refractivity contribution in [3.63, 3.8) is 0 Å². The topological polar surface area (TPSA) is 56.5 Å². The predicted molar refractivity (Wildman–Crippen MR) is 73.5 cm³/mol. The molecule has 1 aromatic rings. The van der Waals surface area contributed by atoms with Crippen molar-refractivity contribution in [1.29, 1.82) is 0 Å². The first kappa shape index (κ1) is 16.3. The number of hydrazine groups is 1. The predicted octanol–water partition coefficient (Wildman–Crippen LogP) is 1.91. The van der Waals surface area contributed by atoms with Gasteiger partial charge in [0.25, 0.3) is 0 Å². The van der Waals surface area contributed by atoms with Gasteiger partial charge in [-0.2, -0.15) is 0 Å². The molecule has 0 saturated heterocycles. The molecule has 0 aliphatic carbocycles. The van der Waals surface area contributed by atoms with Crippen molar-refractivity contribution in [2.24, 2.45) is 5.84 Å². The second-order valence-corrected chi connectivity index (χ2v) is 4.60. The first-order valence-corrected chi connectivity index (χ1v) is 6.52. The van der Waals surface area contributed by atoms with Crippen LogP contribution < -0.4 is 11.3 Å². The molecule has 0 amide bonds. The number of ether oxygens (including phenoxy) is 2. The van der Waals surface area contributed by atoms with E-state index in [0.717, 1.165) is 12.0 Å². The molecule has 0 aliphatic heterocycles. The first-order chi connectivity index (χ1) is 9.17. The zero-order valence-corrected chi connectivity index (χ0v) is 11.8. The standard InChI is InChI=1S/C13H20ClFN2O2/c1-18-6-7-19-5-4-12(17-16)8-10-2-3-11(15)9-13(10)14/h2-3,9,12,17H,4-8,16H2,1H3. The normalized spacial score (nSPS) is 12.6. The van der Waals surface area contributed by atoms with Crippen LogP contribution in [0, 0.1) is 5.82 Å². The van der Waals surface area contributed by atoms with E-state index in [2.05, 4.69) is 5.43 Å². The molecule has 0 saturated carbocycles. The third kappa shape index (κ3) is 6.31. The second kappa shape index (κ2) is 9.23. The van der Waals surface area contributed by atoms with E-state index < -0.39 is 0 Å². The summed E-state index contributed by atoms with van der Waals surface area (Å²) in [7, 11) is 1.63. The zero-order valence-electron chi connectivity index (χ0n) is 11.0. The minimum absolute atomic E-state index is 0.0329.